The molecule has 0 bridgehead atoms. The molecule has 2 aromatic heterocycles. The maximum absolute atomic E-state index is 10.8. The summed E-state index contributed by atoms with van der Waals surface area (Å²) in [5, 5.41) is 15.1. The first-order valence-corrected chi connectivity index (χ1v) is 8.61. The molecule has 0 amide bonds. The lowest BCUT2D eigenvalue weighted by molar-refractivity contribution is 0.193. The van der Waals surface area contributed by atoms with Gasteiger partial charge in [0, 0.05) is 35.7 Å². The van der Waals surface area contributed by atoms with Crippen LogP contribution in [-0.2, 0) is 0 Å². The van der Waals surface area contributed by atoms with E-state index in [4.69, 9.17) is 0 Å². The van der Waals surface area contributed by atoms with Crippen molar-refractivity contribution in [1.29, 1.82) is 0 Å². The summed E-state index contributed by atoms with van der Waals surface area (Å²) >= 11 is 0. The van der Waals surface area contributed by atoms with Gasteiger partial charge in [0.05, 0.1) is 22.7 Å². The molecule has 26 heavy (non-hydrogen) atoms. The molecule has 5 nitrogen and oxygen atoms in total. The van der Waals surface area contributed by atoms with Gasteiger partial charge in [0.25, 0.3) is 0 Å². The molecule has 1 unspecified atom stereocenters. The zero-order valence-corrected chi connectivity index (χ0v) is 14.8. The van der Waals surface area contributed by atoms with Crippen molar-refractivity contribution in [3.8, 4) is 0 Å². The normalized spacial score (nSPS) is 12.4. The summed E-state index contributed by atoms with van der Waals surface area (Å²) < 4.78 is 0. The number of hydrogen-bond acceptors (Lipinski definition) is 5. The molecule has 2 aromatic carbocycles. The number of aromatic nitrogens is 3. The highest BCUT2D eigenvalue weighted by atomic mass is 16.3. The Bertz CT molecular complexity index is 1090. The maximum Gasteiger partial charge on any atom is 0.0969 e. The van der Waals surface area contributed by atoms with E-state index in [2.05, 4.69) is 20.3 Å². The van der Waals surface area contributed by atoms with Crippen LogP contribution in [0.15, 0.2) is 54.9 Å². The van der Waals surface area contributed by atoms with Gasteiger partial charge in [-0.3, -0.25) is 15.0 Å². The van der Waals surface area contributed by atoms with Crippen molar-refractivity contribution in [2.45, 2.75) is 20.0 Å². The highest BCUT2D eigenvalue weighted by Gasteiger charge is 2.14. The van der Waals surface area contributed by atoms with E-state index in [9.17, 15) is 5.11 Å². The minimum absolute atomic E-state index is 0.401. The van der Waals surface area contributed by atoms with E-state index in [1.54, 1.807) is 12.4 Å². The van der Waals surface area contributed by atoms with Gasteiger partial charge in [-0.05, 0) is 49.2 Å². The Hall–Kier alpha value is -3.05. The summed E-state index contributed by atoms with van der Waals surface area (Å²) in [6, 6.07) is 13.8. The van der Waals surface area contributed by atoms with Crippen LogP contribution in [0.5, 0.6) is 0 Å². The molecular formula is C21H20N4O. The molecule has 0 aliphatic rings. The molecule has 0 spiro atoms. The van der Waals surface area contributed by atoms with Crippen LogP contribution in [0.4, 0.5) is 5.69 Å². The number of aliphatic hydroxyl groups is 1. The van der Waals surface area contributed by atoms with Crippen LogP contribution in [0.3, 0.4) is 0 Å². The number of nitrogens with one attached hydrogen (secondary N) is 1. The van der Waals surface area contributed by atoms with Gasteiger partial charge < -0.3 is 10.4 Å². The smallest absolute Gasteiger partial charge is 0.0969 e. The minimum atomic E-state index is -0.640. The van der Waals surface area contributed by atoms with Crippen LogP contribution in [0, 0.1) is 13.8 Å². The van der Waals surface area contributed by atoms with Gasteiger partial charge in [0.1, 0.15) is 0 Å². The third-order valence-electron chi connectivity index (χ3n) is 4.53. The maximum atomic E-state index is 10.8. The number of aliphatic hydroxyl groups excluding tert-OH is 1. The van der Waals surface area contributed by atoms with E-state index >= 15 is 0 Å². The predicted molar refractivity (Wildman–Crippen MR) is 104 cm³/mol. The average Bonchev–Trinajstić information content (AvgIpc) is 2.66. The number of nitrogens with zero attached hydrogens (tertiary/aromatic N) is 3. The standard InChI is InChI=1S/C21H20N4O/c1-13-4-3-5-16-17(10-14(2)25-21(13)16)20(26)12-24-15-6-7-18-19(11-15)23-9-8-22-18/h3-11,20,24,26H,12H2,1-2H3. The van der Waals surface area contributed by atoms with E-state index in [0.717, 1.165) is 44.4 Å². The van der Waals surface area contributed by atoms with E-state index < -0.39 is 6.10 Å². The lowest BCUT2D eigenvalue weighted by Crippen LogP contribution is -2.13. The van der Waals surface area contributed by atoms with Crippen molar-refractivity contribution >= 4 is 27.6 Å². The Morgan fingerprint density at radius 1 is 1.00 bits per heavy atom. The van der Waals surface area contributed by atoms with E-state index in [1.807, 2.05) is 56.3 Å². The van der Waals surface area contributed by atoms with Crippen molar-refractivity contribution in [3.63, 3.8) is 0 Å². The number of aryl methyl sites for hydroxylation is 2. The zero-order chi connectivity index (χ0) is 18.1. The summed E-state index contributed by atoms with van der Waals surface area (Å²) in [4.78, 5) is 13.2. The molecule has 0 saturated carbocycles. The lowest BCUT2D eigenvalue weighted by atomic mass is 10.0. The number of pyridine rings is 1. The second-order valence-corrected chi connectivity index (χ2v) is 6.48. The quantitative estimate of drug-likeness (QED) is 0.587. The molecule has 0 fully saturated rings. The Balaban J connectivity index is 1.61. The van der Waals surface area contributed by atoms with Crippen molar-refractivity contribution in [3.05, 3.63) is 71.7 Å². The number of hydrogen-bond donors (Lipinski definition) is 2. The molecular weight excluding hydrogens is 324 g/mol. The summed E-state index contributed by atoms with van der Waals surface area (Å²) in [5.41, 5.74) is 6.44. The van der Waals surface area contributed by atoms with Gasteiger partial charge in [-0.1, -0.05) is 18.2 Å². The first-order chi connectivity index (χ1) is 12.6. The second-order valence-electron chi connectivity index (χ2n) is 6.48. The Morgan fingerprint density at radius 3 is 2.65 bits per heavy atom. The summed E-state index contributed by atoms with van der Waals surface area (Å²) in [6.45, 7) is 4.40. The topological polar surface area (TPSA) is 70.9 Å². The fraction of sp³-hybridized carbons (Fsp3) is 0.190. The third kappa shape index (κ3) is 3.09. The van der Waals surface area contributed by atoms with Gasteiger partial charge in [-0.15, -0.1) is 0 Å². The molecule has 0 radical (unpaired) electrons. The molecule has 2 heterocycles. The fourth-order valence-electron chi connectivity index (χ4n) is 3.23. The Morgan fingerprint density at radius 2 is 1.81 bits per heavy atom. The van der Waals surface area contributed by atoms with Crippen LogP contribution in [-0.4, -0.2) is 26.6 Å². The van der Waals surface area contributed by atoms with Crippen molar-refractivity contribution in [2.75, 3.05) is 11.9 Å². The Labute approximate surface area is 151 Å². The fourth-order valence-corrected chi connectivity index (χ4v) is 3.23. The van der Waals surface area contributed by atoms with Gasteiger partial charge in [0.15, 0.2) is 0 Å². The molecule has 0 aliphatic carbocycles. The van der Waals surface area contributed by atoms with Gasteiger partial charge >= 0.3 is 0 Å². The number of rotatable bonds is 4. The average molecular weight is 344 g/mol. The highest BCUT2D eigenvalue weighted by molar-refractivity contribution is 5.85. The van der Waals surface area contributed by atoms with Crippen molar-refractivity contribution in [1.82, 2.24) is 15.0 Å². The highest BCUT2D eigenvalue weighted by Crippen LogP contribution is 2.27. The van der Waals surface area contributed by atoms with Crippen LogP contribution in [0.1, 0.15) is 22.9 Å². The SMILES string of the molecule is Cc1cc(C(O)CNc2ccc3nccnc3c2)c2cccc(C)c2n1. The first-order valence-electron chi connectivity index (χ1n) is 8.61. The monoisotopic (exact) mass is 344 g/mol. The lowest BCUT2D eigenvalue weighted by Gasteiger charge is -2.17. The largest absolute Gasteiger partial charge is 0.387 e. The van der Waals surface area contributed by atoms with E-state index in [1.165, 1.54) is 0 Å². The van der Waals surface area contributed by atoms with Crippen LogP contribution in [0.25, 0.3) is 21.9 Å². The number of para-hydroxylation sites is 1. The molecule has 0 aliphatic heterocycles. The number of anilines is 1. The Kier molecular flexibility index (Phi) is 4.22. The van der Waals surface area contributed by atoms with Crippen LogP contribution >= 0.6 is 0 Å². The summed E-state index contributed by atoms with van der Waals surface area (Å²) in [7, 11) is 0. The molecule has 4 aromatic rings. The van der Waals surface area contributed by atoms with Crippen molar-refractivity contribution < 1.29 is 5.11 Å². The molecule has 1 atom stereocenters. The predicted octanol–water partition coefficient (Wildman–Crippen LogP) is 3.94. The van der Waals surface area contributed by atoms with Gasteiger partial charge in [-0.2, -0.15) is 0 Å². The molecule has 130 valence electrons. The first kappa shape index (κ1) is 16.4. The molecule has 5 heteroatoms. The van der Waals surface area contributed by atoms with Crippen molar-refractivity contribution in [2.24, 2.45) is 0 Å². The minimum Gasteiger partial charge on any atom is -0.387 e. The molecule has 0 saturated heterocycles. The van der Waals surface area contributed by atoms with E-state index in [-0.39, 0.29) is 0 Å². The zero-order valence-electron chi connectivity index (χ0n) is 14.8. The number of benzene rings is 2. The summed E-state index contributed by atoms with van der Waals surface area (Å²) in [6.07, 6.45) is 2.71. The van der Waals surface area contributed by atoms with E-state index in [0.29, 0.717) is 6.54 Å². The van der Waals surface area contributed by atoms with Crippen LogP contribution < -0.4 is 5.32 Å². The summed E-state index contributed by atoms with van der Waals surface area (Å²) in [5.74, 6) is 0. The van der Waals surface area contributed by atoms with Gasteiger partial charge in [-0.25, -0.2) is 0 Å². The second kappa shape index (κ2) is 6.69. The molecule has 2 N–H and O–H groups in total. The van der Waals surface area contributed by atoms with Gasteiger partial charge in [0.2, 0.25) is 0 Å². The number of fused-ring (bicyclic) bond motifs is 2. The third-order valence-corrected chi connectivity index (χ3v) is 4.53. The molecule has 4 rings (SSSR count). The van der Waals surface area contributed by atoms with Crippen LogP contribution in [0.2, 0.25) is 0 Å².